The molecule has 23 heavy (non-hydrogen) atoms. The second kappa shape index (κ2) is 7.33. The third-order valence-electron chi connectivity index (χ3n) is 4.70. The molecule has 0 N–H and O–H groups in total. The van der Waals surface area contributed by atoms with Crippen LogP contribution in [-0.2, 0) is 20.8 Å². The van der Waals surface area contributed by atoms with Gasteiger partial charge in [-0.2, -0.15) is 0 Å². The lowest BCUT2D eigenvalue weighted by Gasteiger charge is -2.34. The summed E-state index contributed by atoms with van der Waals surface area (Å²) in [6.45, 7) is 2.32. The second-order valence-electron chi connectivity index (χ2n) is 6.25. The highest BCUT2D eigenvalue weighted by molar-refractivity contribution is 5.78. The maximum absolute atomic E-state index is 12.3. The molecule has 2 aliphatic heterocycles. The molecule has 0 radical (unpaired) electrons. The Balaban J connectivity index is 1.72. The zero-order chi connectivity index (χ0) is 16.2. The van der Waals surface area contributed by atoms with Crippen LogP contribution in [0.1, 0.15) is 18.4 Å². The number of nitrogens with zero attached hydrogens (tertiary/aromatic N) is 4. The number of carbonyl (C=O) groups excluding carboxylic acids is 1. The number of amides is 1. The normalized spacial score (nSPS) is 27.3. The van der Waals surface area contributed by atoms with Crippen LogP contribution < -0.4 is 0 Å². The maximum Gasteiger partial charge on any atom is 0.248 e. The van der Waals surface area contributed by atoms with Crippen LogP contribution in [0.25, 0.3) is 0 Å². The number of likely N-dealkylation sites (tertiary alicyclic amines) is 1. The van der Waals surface area contributed by atoms with E-state index in [1.165, 1.54) is 6.33 Å². The topological polar surface area (TPSA) is 67.8 Å². The van der Waals surface area contributed by atoms with Crippen molar-refractivity contribution in [3.63, 3.8) is 0 Å². The lowest BCUT2D eigenvalue weighted by Crippen LogP contribution is -2.47. The van der Waals surface area contributed by atoms with E-state index in [1.54, 1.807) is 7.11 Å². The number of fused-ring (bicyclic) bond motifs is 1. The van der Waals surface area contributed by atoms with Gasteiger partial charge in [-0.25, -0.2) is 9.97 Å². The van der Waals surface area contributed by atoms with E-state index >= 15 is 0 Å². The maximum atomic E-state index is 12.3. The van der Waals surface area contributed by atoms with E-state index in [0.29, 0.717) is 6.54 Å². The number of rotatable bonds is 5. The van der Waals surface area contributed by atoms with Gasteiger partial charge in [-0.3, -0.25) is 9.69 Å². The number of likely N-dealkylation sites (N-methyl/N-ethyl adjacent to an activating group) is 1. The van der Waals surface area contributed by atoms with Gasteiger partial charge in [-0.15, -0.1) is 0 Å². The van der Waals surface area contributed by atoms with Gasteiger partial charge >= 0.3 is 0 Å². The third-order valence-corrected chi connectivity index (χ3v) is 4.70. The minimum Gasteiger partial charge on any atom is -0.375 e. The van der Waals surface area contributed by atoms with Crippen molar-refractivity contribution >= 4 is 5.91 Å². The zero-order valence-electron chi connectivity index (χ0n) is 13.7. The largest absolute Gasteiger partial charge is 0.375 e. The quantitative estimate of drug-likeness (QED) is 0.778. The lowest BCUT2D eigenvalue weighted by atomic mass is 10.00. The van der Waals surface area contributed by atoms with Gasteiger partial charge in [0.05, 0.1) is 18.2 Å². The van der Waals surface area contributed by atoms with Crippen LogP contribution in [0.4, 0.5) is 0 Å². The molecule has 1 aromatic rings. The van der Waals surface area contributed by atoms with Crippen LogP contribution in [0.15, 0.2) is 18.7 Å². The summed E-state index contributed by atoms with van der Waals surface area (Å²) in [4.78, 5) is 24.6. The molecule has 3 rings (SSSR count). The summed E-state index contributed by atoms with van der Waals surface area (Å²) >= 11 is 0. The molecule has 7 nitrogen and oxygen atoms in total. The molecular weight excluding hydrogens is 296 g/mol. The molecular formula is C16H24N4O3. The molecule has 1 amide bonds. The summed E-state index contributed by atoms with van der Waals surface area (Å²) in [5.74, 6) is 0.0481. The number of aromatic nitrogens is 2. The Morgan fingerprint density at radius 3 is 3.00 bits per heavy atom. The first kappa shape index (κ1) is 16.3. The first-order chi connectivity index (χ1) is 11.2. The van der Waals surface area contributed by atoms with Crippen molar-refractivity contribution in [1.82, 2.24) is 19.8 Å². The monoisotopic (exact) mass is 320 g/mol. The molecule has 2 aliphatic rings. The SMILES string of the molecule is COCC(=O)N1C[C@@H](N(C)Cc2cncnc2)[C@@H]2OCCC[C@@H]21. The molecule has 0 spiro atoms. The Hall–Kier alpha value is -1.57. The minimum absolute atomic E-state index is 0.0481. The fourth-order valence-corrected chi connectivity index (χ4v) is 3.63. The molecule has 2 saturated heterocycles. The summed E-state index contributed by atoms with van der Waals surface area (Å²) in [6.07, 6.45) is 7.25. The van der Waals surface area contributed by atoms with Crippen molar-refractivity contribution in [3.05, 3.63) is 24.3 Å². The highest BCUT2D eigenvalue weighted by Gasteiger charge is 2.47. The van der Waals surface area contributed by atoms with Gasteiger partial charge in [-0.05, 0) is 19.9 Å². The van der Waals surface area contributed by atoms with Gasteiger partial charge in [-0.1, -0.05) is 0 Å². The average molecular weight is 320 g/mol. The summed E-state index contributed by atoms with van der Waals surface area (Å²) < 4.78 is 11.0. The van der Waals surface area contributed by atoms with Crippen molar-refractivity contribution in [2.24, 2.45) is 0 Å². The van der Waals surface area contributed by atoms with Crippen LogP contribution in [0.5, 0.6) is 0 Å². The number of carbonyl (C=O) groups is 1. The van der Waals surface area contributed by atoms with E-state index < -0.39 is 0 Å². The molecule has 0 bridgehead atoms. The molecule has 2 fully saturated rings. The van der Waals surface area contributed by atoms with Crippen molar-refractivity contribution in [1.29, 1.82) is 0 Å². The van der Waals surface area contributed by atoms with E-state index in [9.17, 15) is 4.79 Å². The van der Waals surface area contributed by atoms with Crippen LogP contribution >= 0.6 is 0 Å². The molecule has 3 heterocycles. The first-order valence-electron chi connectivity index (χ1n) is 8.05. The molecule has 7 heteroatoms. The van der Waals surface area contributed by atoms with E-state index in [4.69, 9.17) is 9.47 Å². The molecule has 126 valence electrons. The zero-order valence-corrected chi connectivity index (χ0v) is 13.7. The second-order valence-corrected chi connectivity index (χ2v) is 6.25. The smallest absolute Gasteiger partial charge is 0.248 e. The molecule has 0 unspecified atom stereocenters. The third kappa shape index (κ3) is 3.52. The van der Waals surface area contributed by atoms with Gasteiger partial charge in [0.15, 0.2) is 0 Å². The molecule has 3 atom stereocenters. The molecule has 0 aromatic carbocycles. The van der Waals surface area contributed by atoms with Gasteiger partial charge in [0.25, 0.3) is 0 Å². The van der Waals surface area contributed by atoms with E-state index in [-0.39, 0.29) is 30.7 Å². The average Bonchev–Trinajstić information content (AvgIpc) is 2.96. The van der Waals surface area contributed by atoms with Crippen molar-refractivity contribution in [2.45, 2.75) is 37.6 Å². The molecule has 0 aliphatic carbocycles. The van der Waals surface area contributed by atoms with E-state index in [0.717, 1.165) is 31.6 Å². The summed E-state index contributed by atoms with van der Waals surface area (Å²) in [6, 6.07) is 0.340. The highest BCUT2D eigenvalue weighted by atomic mass is 16.5. The summed E-state index contributed by atoms with van der Waals surface area (Å²) in [7, 11) is 3.62. The number of methoxy groups -OCH3 is 1. The van der Waals surface area contributed by atoms with Gasteiger partial charge < -0.3 is 14.4 Å². The highest BCUT2D eigenvalue weighted by Crippen LogP contribution is 2.31. The summed E-state index contributed by atoms with van der Waals surface area (Å²) in [5, 5.41) is 0. The predicted octanol–water partition coefficient (Wildman–Crippen LogP) is 0.313. The fourth-order valence-electron chi connectivity index (χ4n) is 3.63. The van der Waals surface area contributed by atoms with Gasteiger partial charge in [0.1, 0.15) is 12.9 Å². The van der Waals surface area contributed by atoms with E-state index in [1.807, 2.05) is 17.3 Å². The number of hydrogen-bond donors (Lipinski definition) is 0. The fraction of sp³-hybridized carbons (Fsp3) is 0.688. The standard InChI is InChI=1S/C16H24N4O3/c1-19(8-12-6-17-11-18-7-12)14-9-20(15(21)10-22-2)13-4-3-5-23-16(13)14/h6-7,11,13-14,16H,3-5,8-10H2,1-2H3/t13-,14+,16+/m0/s1. The van der Waals surface area contributed by atoms with Crippen molar-refractivity contribution in [3.8, 4) is 0 Å². The minimum atomic E-state index is 0.0481. The predicted molar refractivity (Wildman–Crippen MR) is 83.6 cm³/mol. The number of ether oxygens (including phenoxy) is 2. The van der Waals surface area contributed by atoms with Crippen LogP contribution in [0, 0.1) is 0 Å². The van der Waals surface area contributed by atoms with Crippen molar-refractivity contribution in [2.75, 3.05) is 33.9 Å². The van der Waals surface area contributed by atoms with Gasteiger partial charge in [0, 0.05) is 44.8 Å². The lowest BCUT2D eigenvalue weighted by molar-refractivity contribution is -0.138. The Labute approximate surface area is 136 Å². The van der Waals surface area contributed by atoms with Crippen LogP contribution in [0.2, 0.25) is 0 Å². The Morgan fingerprint density at radius 2 is 2.26 bits per heavy atom. The number of hydrogen-bond acceptors (Lipinski definition) is 6. The Kier molecular flexibility index (Phi) is 5.20. The van der Waals surface area contributed by atoms with Crippen LogP contribution in [-0.4, -0.2) is 77.8 Å². The Morgan fingerprint density at radius 1 is 1.48 bits per heavy atom. The van der Waals surface area contributed by atoms with Gasteiger partial charge in [0.2, 0.25) is 5.91 Å². The van der Waals surface area contributed by atoms with Crippen LogP contribution in [0.3, 0.4) is 0 Å². The molecule has 1 aromatic heterocycles. The van der Waals surface area contributed by atoms with E-state index in [2.05, 4.69) is 21.9 Å². The Bertz CT molecular complexity index is 527. The summed E-state index contributed by atoms with van der Waals surface area (Å²) in [5.41, 5.74) is 1.06. The first-order valence-corrected chi connectivity index (χ1v) is 8.05. The van der Waals surface area contributed by atoms with Crippen molar-refractivity contribution < 1.29 is 14.3 Å². The molecule has 0 saturated carbocycles.